The molecule has 1 aromatic heterocycles. The summed E-state index contributed by atoms with van der Waals surface area (Å²) in [6.45, 7) is 3.52. The van der Waals surface area contributed by atoms with Gasteiger partial charge in [0.05, 0.1) is 12.2 Å². The molecule has 0 saturated heterocycles. The van der Waals surface area contributed by atoms with E-state index in [9.17, 15) is 5.11 Å². The Hall–Kier alpha value is -1.35. The highest BCUT2D eigenvalue weighted by Gasteiger charge is 2.05. The predicted molar refractivity (Wildman–Crippen MR) is 43.0 cm³/mol. The molecule has 0 aliphatic heterocycles. The first kappa shape index (κ1) is 7.75. The molecule has 0 radical (unpaired) electrons. The van der Waals surface area contributed by atoms with Gasteiger partial charge in [-0.2, -0.15) is 0 Å². The third-order valence-corrected chi connectivity index (χ3v) is 1.45. The molecule has 1 unspecified atom stereocenters. The maximum atomic E-state index is 9.22. The second kappa shape index (κ2) is 3.16. The summed E-state index contributed by atoms with van der Waals surface area (Å²) < 4.78 is 0. The molecule has 0 saturated carbocycles. The van der Waals surface area contributed by atoms with Gasteiger partial charge in [0.1, 0.15) is 5.75 Å². The summed E-state index contributed by atoms with van der Waals surface area (Å²) in [6.07, 6.45) is 4.51. The summed E-state index contributed by atoms with van der Waals surface area (Å²) in [7, 11) is 0. The number of aromatic nitrogens is 1. The average molecular weight is 150 g/mol. The highest BCUT2D eigenvalue weighted by molar-refractivity contribution is 5.33. The van der Waals surface area contributed by atoms with Gasteiger partial charge in [0, 0.05) is 11.8 Å². The summed E-state index contributed by atoms with van der Waals surface area (Å²) in [5.41, 5.74) is 6.24. The Morgan fingerprint density at radius 2 is 2.45 bits per heavy atom. The molecule has 58 valence electrons. The number of rotatable bonds is 2. The molecular weight excluding hydrogens is 140 g/mol. The van der Waals surface area contributed by atoms with Crippen molar-refractivity contribution < 1.29 is 5.11 Å². The molecule has 11 heavy (non-hydrogen) atoms. The molecule has 0 aliphatic carbocycles. The molecular formula is C8H10N2O. The van der Waals surface area contributed by atoms with Crippen molar-refractivity contribution in [2.75, 3.05) is 0 Å². The van der Waals surface area contributed by atoms with E-state index in [-0.39, 0.29) is 11.8 Å². The van der Waals surface area contributed by atoms with Crippen LogP contribution >= 0.6 is 0 Å². The topological polar surface area (TPSA) is 59.1 Å². The zero-order valence-electron chi connectivity index (χ0n) is 6.07. The van der Waals surface area contributed by atoms with Gasteiger partial charge in [0.25, 0.3) is 0 Å². The van der Waals surface area contributed by atoms with Crippen LogP contribution in [-0.2, 0) is 0 Å². The maximum absolute atomic E-state index is 9.22. The van der Waals surface area contributed by atoms with Gasteiger partial charge in [0.15, 0.2) is 0 Å². The number of nitrogens with two attached hydrogens (primary N) is 1. The standard InChI is InChI=1S/C8H10N2O/c1-2-7(9)6-3-4-10-5-8(6)11/h2-5,7,11H,1,9H2. The summed E-state index contributed by atoms with van der Waals surface area (Å²) in [5, 5.41) is 9.22. The molecule has 0 spiro atoms. The fourth-order valence-corrected chi connectivity index (χ4v) is 0.806. The molecule has 0 amide bonds. The molecule has 1 heterocycles. The van der Waals surface area contributed by atoms with Gasteiger partial charge in [-0.05, 0) is 6.07 Å². The lowest BCUT2D eigenvalue weighted by atomic mass is 10.1. The lowest BCUT2D eigenvalue weighted by molar-refractivity contribution is 0.463. The minimum absolute atomic E-state index is 0.111. The second-order valence-corrected chi connectivity index (χ2v) is 2.20. The first-order chi connectivity index (χ1) is 5.25. The van der Waals surface area contributed by atoms with Crippen LogP contribution in [-0.4, -0.2) is 10.1 Å². The van der Waals surface area contributed by atoms with Gasteiger partial charge >= 0.3 is 0 Å². The highest BCUT2D eigenvalue weighted by Crippen LogP contribution is 2.20. The minimum Gasteiger partial charge on any atom is -0.506 e. The van der Waals surface area contributed by atoms with Crippen molar-refractivity contribution in [2.45, 2.75) is 6.04 Å². The summed E-state index contributed by atoms with van der Waals surface area (Å²) in [5.74, 6) is 0.111. The quantitative estimate of drug-likeness (QED) is 0.617. The average Bonchev–Trinajstić information content (AvgIpc) is 2.04. The van der Waals surface area contributed by atoms with Crippen molar-refractivity contribution in [3.63, 3.8) is 0 Å². The third kappa shape index (κ3) is 1.56. The van der Waals surface area contributed by atoms with Gasteiger partial charge < -0.3 is 10.8 Å². The van der Waals surface area contributed by atoms with Gasteiger partial charge in [0.2, 0.25) is 0 Å². The van der Waals surface area contributed by atoms with Crippen molar-refractivity contribution in [1.82, 2.24) is 4.98 Å². The van der Waals surface area contributed by atoms with E-state index in [4.69, 9.17) is 5.73 Å². The number of hydrogen-bond acceptors (Lipinski definition) is 3. The molecule has 0 aromatic carbocycles. The zero-order valence-corrected chi connectivity index (χ0v) is 6.07. The zero-order chi connectivity index (χ0) is 8.27. The van der Waals surface area contributed by atoms with Crippen LogP contribution in [0.4, 0.5) is 0 Å². The minimum atomic E-state index is -0.321. The monoisotopic (exact) mass is 150 g/mol. The lowest BCUT2D eigenvalue weighted by Gasteiger charge is -2.06. The third-order valence-electron chi connectivity index (χ3n) is 1.45. The van der Waals surface area contributed by atoms with E-state index in [1.807, 2.05) is 0 Å². The lowest BCUT2D eigenvalue weighted by Crippen LogP contribution is -2.06. The predicted octanol–water partition coefficient (Wildman–Crippen LogP) is 0.973. The van der Waals surface area contributed by atoms with Crippen LogP contribution in [0.1, 0.15) is 11.6 Å². The van der Waals surface area contributed by atoms with Crippen molar-refractivity contribution in [2.24, 2.45) is 5.73 Å². The van der Waals surface area contributed by atoms with Crippen LogP contribution in [0.25, 0.3) is 0 Å². The first-order valence-electron chi connectivity index (χ1n) is 3.26. The van der Waals surface area contributed by atoms with E-state index >= 15 is 0 Å². The molecule has 0 aliphatic rings. The van der Waals surface area contributed by atoms with E-state index < -0.39 is 0 Å². The number of aromatic hydroxyl groups is 1. The largest absolute Gasteiger partial charge is 0.506 e. The van der Waals surface area contributed by atoms with E-state index in [0.29, 0.717) is 5.56 Å². The Morgan fingerprint density at radius 3 is 3.00 bits per heavy atom. The van der Waals surface area contributed by atoms with Gasteiger partial charge in [-0.1, -0.05) is 6.08 Å². The fourth-order valence-electron chi connectivity index (χ4n) is 0.806. The smallest absolute Gasteiger partial charge is 0.138 e. The Balaban J connectivity index is 3.02. The SMILES string of the molecule is C=CC(N)c1ccncc1O. The van der Waals surface area contributed by atoms with E-state index in [1.165, 1.54) is 6.20 Å². The van der Waals surface area contributed by atoms with Crippen LogP contribution in [0, 0.1) is 0 Å². The number of hydrogen-bond donors (Lipinski definition) is 2. The van der Waals surface area contributed by atoms with Crippen molar-refractivity contribution in [3.05, 3.63) is 36.7 Å². The second-order valence-electron chi connectivity index (χ2n) is 2.20. The van der Waals surface area contributed by atoms with E-state index in [2.05, 4.69) is 11.6 Å². The molecule has 3 N–H and O–H groups in total. The molecule has 1 atom stereocenters. The van der Waals surface area contributed by atoms with E-state index in [0.717, 1.165) is 0 Å². The van der Waals surface area contributed by atoms with Crippen LogP contribution in [0.3, 0.4) is 0 Å². The molecule has 3 nitrogen and oxygen atoms in total. The Labute approximate surface area is 65.2 Å². The first-order valence-corrected chi connectivity index (χ1v) is 3.26. The highest BCUT2D eigenvalue weighted by atomic mass is 16.3. The summed E-state index contributed by atoms with van der Waals surface area (Å²) in [6, 6.07) is 1.35. The van der Waals surface area contributed by atoms with E-state index in [1.54, 1.807) is 18.3 Å². The molecule has 3 heteroatoms. The molecule has 1 aromatic rings. The fraction of sp³-hybridized carbons (Fsp3) is 0.125. The van der Waals surface area contributed by atoms with Gasteiger partial charge in [-0.25, -0.2) is 0 Å². The Kier molecular flexibility index (Phi) is 2.23. The molecule has 0 bridgehead atoms. The van der Waals surface area contributed by atoms with Crippen molar-refractivity contribution in [1.29, 1.82) is 0 Å². The normalized spacial score (nSPS) is 12.5. The van der Waals surface area contributed by atoms with Gasteiger partial charge in [-0.15, -0.1) is 6.58 Å². The maximum Gasteiger partial charge on any atom is 0.138 e. The van der Waals surface area contributed by atoms with Gasteiger partial charge in [-0.3, -0.25) is 4.98 Å². The van der Waals surface area contributed by atoms with Crippen molar-refractivity contribution >= 4 is 0 Å². The summed E-state index contributed by atoms with van der Waals surface area (Å²) >= 11 is 0. The van der Waals surface area contributed by atoms with Crippen LogP contribution in [0.5, 0.6) is 5.75 Å². The van der Waals surface area contributed by atoms with Crippen LogP contribution in [0.15, 0.2) is 31.1 Å². The summed E-state index contributed by atoms with van der Waals surface area (Å²) in [4.78, 5) is 3.72. The Morgan fingerprint density at radius 1 is 1.73 bits per heavy atom. The van der Waals surface area contributed by atoms with Crippen LogP contribution < -0.4 is 5.73 Å². The molecule has 1 rings (SSSR count). The number of nitrogens with zero attached hydrogens (tertiary/aromatic N) is 1. The van der Waals surface area contributed by atoms with Crippen LogP contribution in [0.2, 0.25) is 0 Å². The Bertz CT molecular complexity index is 260. The molecule has 0 fully saturated rings. The van der Waals surface area contributed by atoms with Crippen molar-refractivity contribution in [3.8, 4) is 5.75 Å². The number of pyridine rings is 1.